The van der Waals surface area contributed by atoms with Crippen molar-refractivity contribution >= 4 is 45.0 Å². The van der Waals surface area contributed by atoms with Crippen LogP contribution in [-0.2, 0) is 6.54 Å². The SMILES string of the molecule is CCOc1cccc2sc(N(CCCN(C)C)C(=O)c3ccnn3CC)nc12.Cl. The van der Waals surface area contributed by atoms with Crippen LogP contribution in [0.3, 0.4) is 0 Å². The molecule has 2 heterocycles. The number of amides is 1. The first-order valence-corrected chi connectivity index (χ1v) is 10.4. The number of carbonyl (C=O) groups excluding carboxylic acids is 1. The Hall–Kier alpha value is -2.16. The highest BCUT2D eigenvalue weighted by Crippen LogP contribution is 2.34. The van der Waals surface area contributed by atoms with Gasteiger partial charge in [-0.1, -0.05) is 17.4 Å². The van der Waals surface area contributed by atoms with Gasteiger partial charge in [0.25, 0.3) is 5.91 Å². The van der Waals surface area contributed by atoms with Crippen LogP contribution in [0.4, 0.5) is 5.13 Å². The number of halogens is 1. The van der Waals surface area contributed by atoms with E-state index in [1.807, 2.05) is 46.1 Å². The van der Waals surface area contributed by atoms with E-state index in [9.17, 15) is 4.79 Å². The van der Waals surface area contributed by atoms with Crippen molar-refractivity contribution in [2.75, 3.05) is 38.7 Å². The molecule has 1 aromatic carbocycles. The van der Waals surface area contributed by atoms with E-state index in [0.717, 1.165) is 28.9 Å². The summed E-state index contributed by atoms with van der Waals surface area (Å²) in [6, 6.07) is 7.65. The molecule has 0 saturated heterocycles. The monoisotopic (exact) mass is 437 g/mol. The third-order valence-corrected chi connectivity index (χ3v) is 5.41. The molecule has 0 saturated carbocycles. The summed E-state index contributed by atoms with van der Waals surface area (Å²) in [5.41, 5.74) is 1.38. The molecule has 0 aliphatic carbocycles. The van der Waals surface area contributed by atoms with Gasteiger partial charge in [0.2, 0.25) is 0 Å². The number of hydrogen-bond acceptors (Lipinski definition) is 6. The Morgan fingerprint density at radius 3 is 2.69 bits per heavy atom. The average Bonchev–Trinajstić information content (AvgIpc) is 3.31. The molecule has 29 heavy (non-hydrogen) atoms. The van der Waals surface area contributed by atoms with E-state index in [1.165, 1.54) is 11.3 Å². The number of anilines is 1. The Balaban J connectivity index is 0.00000300. The molecule has 158 valence electrons. The molecule has 0 spiro atoms. The van der Waals surface area contributed by atoms with Crippen molar-refractivity contribution in [1.29, 1.82) is 0 Å². The van der Waals surface area contributed by atoms with E-state index in [-0.39, 0.29) is 18.3 Å². The molecule has 1 amide bonds. The van der Waals surface area contributed by atoms with Gasteiger partial charge in [-0.25, -0.2) is 4.98 Å². The fourth-order valence-electron chi connectivity index (χ4n) is 3.03. The lowest BCUT2D eigenvalue weighted by Gasteiger charge is -2.21. The fraction of sp³-hybridized carbons (Fsp3) is 0.450. The fourth-order valence-corrected chi connectivity index (χ4v) is 4.04. The van der Waals surface area contributed by atoms with Crippen LogP contribution in [0.25, 0.3) is 10.2 Å². The minimum atomic E-state index is -0.0740. The molecule has 0 fully saturated rings. The zero-order valence-electron chi connectivity index (χ0n) is 17.3. The molecule has 0 N–H and O–H groups in total. The van der Waals surface area contributed by atoms with Crippen LogP contribution in [0, 0.1) is 0 Å². The largest absolute Gasteiger partial charge is 0.492 e. The van der Waals surface area contributed by atoms with Gasteiger partial charge in [0, 0.05) is 19.3 Å². The Kier molecular flexibility index (Phi) is 8.43. The lowest BCUT2D eigenvalue weighted by atomic mass is 10.3. The smallest absolute Gasteiger partial charge is 0.278 e. The molecular formula is C20H28ClN5O2S. The van der Waals surface area contributed by atoms with E-state index in [4.69, 9.17) is 9.72 Å². The number of nitrogens with zero attached hydrogens (tertiary/aromatic N) is 5. The summed E-state index contributed by atoms with van der Waals surface area (Å²) in [5, 5.41) is 4.94. The van der Waals surface area contributed by atoms with Crippen LogP contribution in [0.2, 0.25) is 0 Å². The molecule has 2 aromatic heterocycles. The highest BCUT2D eigenvalue weighted by Gasteiger charge is 2.24. The highest BCUT2D eigenvalue weighted by atomic mass is 35.5. The minimum absolute atomic E-state index is 0. The molecule has 0 bridgehead atoms. The van der Waals surface area contributed by atoms with Crippen LogP contribution >= 0.6 is 23.7 Å². The van der Waals surface area contributed by atoms with Gasteiger partial charge in [-0.2, -0.15) is 5.10 Å². The van der Waals surface area contributed by atoms with E-state index >= 15 is 0 Å². The summed E-state index contributed by atoms with van der Waals surface area (Å²) >= 11 is 1.51. The summed E-state index contributed by atoms with van der Waals surface area (Å²) in [4.78, 5) is 22.0. The molecule has 0 aliphatic rings. The normalized spacial score (nSPS) is 10.9. The Labute approximate surface area is 181 Å². The van der Waals surface area contributed by atoms with Crippen molar-refractivity contribution < 1.29 is 9.53 Å². The Morgan fingerprint density at radius 1 is 1.21 bits per heavy atom. The predicted octanol–water partition coefficient (Wildman–Crippen LogP) is 3.93. The number of para-hydroxylation sites is 1. The molecule has 0 unspecified atom stereocenters. The number of fused-ring (bicyclic) bond motifs is 1. The summed E-state index contributed by atoms with van der Waals surface area (Å²) in [7, 11) is 4.06. The topological polar surface area (TPSA) is 63.5 Å². The number of hydrogen-bond donors (Lipinski definition) is 0. The summed E-state index contributed by atoms with van der Waals surface area (Å²) < 4.78 is 8.45. The summed E-state index contributed by atoms with van der Waals surface area (Å²) in [6.45, 7) is 6.64. The maximum absolute atomic E-state index is 13.3. The lowest BCUT2D eigenvalue weighted by Crippen LogP contribution is -2.34. The second kappa shape index (κ2) is 10.6. The van der Waals surface area contributed by atoms with Crippen LogP contribution in [0.15, 0.2) is 30.5 Å². The van der Waals surface area contributed by atoms with Gasteiger partial charge in [-0.3, -0.25) is 14.4 Å². The van der Waals surface area contributed by atoms with E-state index < -0.39 is 0 Å². The molecular weight excluding hydrogens is 410 g/mol. The van der Waals surface area contributed by atoms with Crippen molar-refractivity contribution in [3.05, 3.63) is 36.2 Å². The van der Waals surface area contributed by atoms with Gasteiger partial charge in [-0.15, -0.1) is 12.4 Å². The molecule has 0 aliphatic heterocycles. The number of aryl methyl sites for hydroxylation is 1. The number of thiazole rings is 1. The van der Waals surface area contributed by atoms with Crippen molar-refractivity contribution in [2.24, 2.45) is 0 Å². The molecule has 0 radical (unpaired) electrons. The minimum Gasteiger partial charge on any atom is -0.492 e. The average molecular weight is 438 g/mol. The zero-order chi connectivity index (χ0) is 20.1. The lowest BCUT2D eigenvalue weighted by molar-refractivity contribution is 0.0975. The molecule has 3 rings (SSSR count). The summed E-state index contributed by atoms with van der Waals surface area (Å²) in [6.07, 6.45) is 2.52. The third kappa shape index (κ3) is 5.26. The first-order chi connectivity index (χ1) is 13.5. The van der Waals surface area contributed by atoms with E-state index in [2.05, 4.69) is 10.00 Å². The predicted molar refractivity (Wildman–Crippen MR) is 121 cm³/mol. The third-order valence-electron chi connectivity index (χ3n) is 4.37. The maximum Gasteiger partial charge on any atom is 0.278 e. The molecule has 9 heteroatoms. The number of carbonyl (C=O) groups is 1. The van der Waals surface area contributed by atoms with Crippen molar-refractivity contribution in [1.82, 2.24) is 19.7 Å². The molecule has 7 nitrogen and oxygen atoms in total. The summed E-state index contributed by atoms with van der Waals surface area (Å²) in [5.74, 6) is 0.678. The van der Waals surface area contributed by atoms with Gasteiger partial charge in [0.1, 0.15) is 17.0 Å². The maximum atomic E-state index is 13.3. The van der Waals surface area contributed by atoms with Crippen LogP contribution in [0.5, 0.6) is 5.75 Å². The zero-order valence-corrected chi connectivity index (χ0v) is 18.9. The second-order valence-electron chi connectivity index (χ2n) is 6.68. The first-order valence-electron chi connectivity index (χ1n) is 9.55. The van der Waals surface area contributed by atoms with Gasteiger partial charge in [0.15, 0.2) is 5.13 Å². The van der Waals surface area contributed by atoms with Crippen molar-refractivity contribution in [2.45, 2.75) is 26.8 Å². The molecule has 0 atom stereocenters. The Bertz CT molecular complexity index is 940. The number of ether oxygens (including phenoxy) is 1. The molecule has 3 aromatic rings. The van der Waals surface area contributed by atoms with Gasteiger partial charge < -0.3 is 9.64 Å². The van der Waals surface area contributed by atoms with Crippen LogP contribution < -0.4 is 9.64 Å². The van der Waals surface area contributed by atoms with Crippen LogP contribution in [-0.4, -0.2) is 59.4 Å². The Morgan fingerprint density at radius 2 is 2.00 bits per heavy atom. The number of rotatable bonds is 9. The van der Waals surface area contributed by atoms with Gasteiger partial charge in [-0.05, 0) is 59.1 Å². The van der Waals surface area contributed by atoms with Crippen LogP contribution in [0.1, 0.15) is 30.8 Å². The number of aromatic nitrogens is 3. The quantitative estimate of drug-likeness (QED) is 0.507. The van der Waals surface area contributed by atoms with Crippen molar-refractivity contribution in [3.63, 3.8) is 0 Å². The standard InChI is InChI=1S/C20H27N5O2S.ClH/c1-5-25-15(11-12-21-25)19(26)24(14-8-13-23(3)4)20-22-18-16(27-6-2)9-7-10-17(18)28-20;/h7,9-12H,5-6,8,13-14H2,1-4H3;1H. The van der Waals surface area contributed by atoms with E-state index in [0.29, 0.717) is 30.5 Å². The van der Waals surface area contributed by atoms with Crippen molar-refractivity contribution in [3.8, 4) is 5.75 Å². The van der Waals surface area contributed by atoms with Gasteiger partial charge in [0.05, 0.1) is 11.3 Å². The van der Waals surface area contributed by atoms with E-state index in [1.54, 1.807) is 21.8 Å². The number of benzene rings is 1. The highest BCUT2D eigenvalue weighted by molar-refractivity contribution is 7.22. The van der Waals surface area contributed by atoms with Gasteiger partial charge >= 0.3 is 0 Å². The first kappa shape index (κ1) is 23.1. The second-order valence-corrected chi connectivity index (χ2v) is 7.69.